The van der Waals surface area contributed by atoms with Crippen LogP contribution in [-0.4, -0.2) is 99.8 Å². The molecule has 0 aliphatic carbocycles. The number of carboxylic acid groups (broad SMARTS) is 1. The number of hydrogen-bond donors (Lipinski definition) is 5. The highest BCUT2D eigenvalue weighted by atomic mass is 16.4. The summed E-state index contributed by atoms with van der Waals surface area (Å²) in [4.78, 5) is 78.9. The molecule has 0 spiro atoms. The Bertz CT molecular complexity index is 971. The lowest BCUT2D eigenvalue weighted by molar-refractivity contribution is -0.149. The van der Waals surface area contributed by atoms with Gasteiger partial charge in [-0.3, -0.25) is 24.0 Å². The van der Waals surface area contributed by atoms with Crippen LogP contribution in [0.2, 0.25) is 0 Å². The minimum atomic E-state index is -1.08. The molecule has 0 aromatic carbocycles. The molecule has 0 radical (unpaired) electrons. The maximum absolute atomic E-state index is 13.5. The number of nitrogens with one attached hydrogen (secondary N) is 3. The predicted molar refractivity (Wildman–Crippen MR) is 147 cm³/mol. The molecule has 5 amide bonds. The Balaban J connectivity index is 2.01. The molecule has 6 N–H and O–H groups in total. The summed E-state index contributed by atoms with van der Waals surface area (Å²) in [6.07, 6.45) is 2.30. The van der Waals surface area contributed by atoms with Gasteiger partial charge in [0, 0.05) is 13.1 Å². The lowest BCUT2D eigenvalue weighted by Gasteiger charge is -2.31. The fourth-order valence-corrected chi connectivity index (χ4v) is 5.08. The van der Waals surface area contributed by atoms with Crippen LogP contribution in [0.5, 0.6) is 0 Å². The van der Waals surface area contributed by atoms with Gasteiger partial charge in [0.25, 0.3) is 0 Å². The van der Waals surface area contributed by atoms with Crippen molar-refractivity contribution in [2.45, 2.75) is 110 Å². The number of rotatable bonds is 12. The fraction of sp³-hybridized carbons (Fsp3) is 0.778. The van der Waals surface area contributed by atoms with E-state index in [4.69, 9.17) is 5.73 Å². The van der Waals surface area contributed by atoms with Crippen LogP contribution in [0.4, 0.5) is 0 Å². The van der Waals surface area contributed by atoms with E-state index in [1.165, 1.54) is 23.6 Å². The lowest BCUT2D eigenvalue weighted by Crippen LogP contribution is -2.58. The molecule has 2 heterocycles. The smallest absolute Gasteiger partial charge is 0.326 e. The Morgan fingerprint density at radius 1 is 0.775 bits per heavy atom. The summed E-state index contributed by atoms with van der Waals surface area (Å²) < 4.78 is 0. The van der Waals surface area contributed by atoms with Gasteiger partial charge in [-0.2, -0.15) is 0 Å². The molecule has 13 nitrogen and oxygen atoms in total. The third-order valence-electron chi connectivity index (χ3n) is 7.48. The van der Waals surface area contributed by atoms with Crippen molar-refractivity contribution < 1.29 is 33.9 Å². The average molecular weight is 567 g/mol. The van der Waals surface area contributed by atoms with Gasteiger partial charge < -0.3 is 36.6 Å². The molecule has 2 rings (SSSR count). The maximum Gasteiger partial charge on any atom is 0.326 e. The summed E-state index contributed by atoms with van der Waals surface area (Å²) in [6.45, 7) is 11.1. The van der Waals surface area contributed by atoms with Gasteiger partial charge in [-0.15, -0.1) is 0 Å². The third-order valence-corrected chi connectivity index (χ3v) is 7.48. The number of carbonyl (C=O) groups excluding carboxylic acids is 5. The van der Waals surface area contributed by atoms with E-state index in [-0.39, 0.29) is 17.7 Å². The first-order valence-corrected chi connectivity index (χ1v) is 14.2. The topological polar surface area (TPSA) is 191 Å². The molecule has 0 aromatic heterocycles. The van der Waals surface area contributed by atoms with Crippen molar-refractivity contribution >= 4 is 35.5 Å². The van der Waals surface area contributed by atoms with Gasteiger partial charge in [0.15, 0.2) is 0 Å². The third kappa shape index (κ3) is 8.39. The molecule has 2 saturated heterocycles. The van der Waals surface area contributed by atoms with E-state index in [2.05, 4.69) is 16.0 Å². The molecule has 40 heavy (non-hydrogen) atoms. The number of aliphatic carboxylic acids is 1. The monoisotopic (exact) mass is 566 g/mol. The molecular formula is C27H46N6O7. The Morgan fingerprint density at radius 3 is 1.85 bits per heavy atom. The summed E-state index contributed by atoms with van der Waals surface area (Å²) >= 11 is 0. The van der Waals surface area contributed by atoms with Crippen molar-refractivity contribution in [1.29, 1.82) is 0 Å². The van der Waals surface area contributed by atoms with E-state index >= 15 is 0 Å². The van der Waals surface area contributed by atoms with E-state index in [0.717, 1.165) is 0 Å². The summed E-state index contributed by atoms with van der Waals surface area (Å²) in [6, 6.07) is -5.32. The molecule has 0 unspecified atom stereocenters. The zero-order chi connectivity index (χ0) is 30.3. The van der Waals surface area contributed by atoms with Crippen molar-refractivity contribution in [2.24, 2.45) is 17.6 Å². The lowest BCUT2D eigenvalue weighted by atomic mass is 10.00. The van der Waals surface area contributed by atoms with E-state index in [1.807, 2.05) is 27.7 Å². The number of likely N-dealkylation sites (tertiary alicyclic amines) is 2. The highest BCUT2D eigenvalue weighted by Gasteiger charge is 2.40. The molecule has 2 fully saturated rings. The van der Waals surface area contributed by atoms with Crippen LogP contribution in [0.3, 0.4) is 0 Å². The zero-order valence-electron chi connectivity index (χ0n) is 24.4. The maximum atomic E-state index is 13.5. The molecule has 226 valence electrons. The quantitative estimate of drug-likeness (QED) is 0.210. The first kappa shape index (κ1) is 33.0. The Morgan fingerprint density at radius 2 is 1.32 bits per heavy atom. The normalized spacial score (nSPS) is 22.0. The minimum absolute atomic E-state index is 0.0964. The van der Waals surface area contributed by atoms with Gasteiger partial charge in [-0.05, 0) is 57.8 Å². The number of nitrogens with zero attached hydrogens (tertiary/aromatic N) is 2. The minimum Gasteiger partial charge on any atom is -0.480 e. The second kappa shape index (κ2) is 14.4. The fourth-order valence-electron chi connectivity index (χ4n) is 5.08. The number of amides is 5. The highest BCUT2D eigenvalue weighted by molar-refractivity contribution is 5.96. The zero-order valence-corrected chi connectivity index (χ0v) is 24.4. The van der Waals surface area contributed by atoms with Crippen LogP contribution in [0.15, 0.2) is 0 Å². The van der Waals surface area contributed by atoms with Crippen LogP contribution in [0.1, 0.15) is 73.6 Å². The molecule has 6 atom stereocenters. The standard InChI is InChI=1S/C27H46N6O7/c1-14(2)13-18(31-24(36)21(28)15(3)4)26(38)32-11-7-9-19(32)23(35)29-16(5)22(34)30-17(6)25(37)33-12-8-10-20(33)27(39)40/h14-21H,7-13,28H2,1-6H3,(H,29,35)(H,30,34)(H,31,36)(H,39,40)/t16-,17-,18-,19-,20-,21-/m0/s1. The molecule has 2 aliphatic heterocycles. The van der Waals surface area contributed by atoms with Crippen LogP contribution >= 0.6 is 0 Å². The molecule has 2 aliphatic rings. The van der Waals surface area contributed by atoms with Gasteiger partial charge in [-0.1, -0.05) is 27.7 Å². The predicted octanol–water partition coefficient (Wildman–Crippen LogP) is -0.423. The second-order valence-corrected chi connectivity index (χ2v) is 11.6. The molecule has 0 saturated carbocycles. The highest BCUT2D eigenvalue weighted by Crippen LogP contribution is 2.21. The van der Waals surface area contributed by atoms with Crippen molar-refractivity contribution in [1.82, 2.24) is 25.8 Å². The second-order valence-electron chi connectivity index (χ2n) is 11.6. The summed E-state index contributed by atoms with van der Waals surface area (Å²) in [5, 5.41) is 17.3. The van der Waals surface area contributed by atoms with Crippen LogP contribution in [0.25, 0.3) is 0 Å². The molecule has 0 bridgehead atoms. The Kier molecular flexibility index (Phi) is 11.9. The van der Waals surface area contributed by atoms with E-state index in [0.29, 0.717) is 45.2 Å². The van der Waals surface area contributed by atoms with Crippen LogP contribution < -0.4 is 21.7 Å². The summed E-state index contributed by atoms with van der Waals surface area (Å²) in [5.41, 5.74) is 5.97. The van der Waals surface area contributed by atoms with Gasteiger partial charge in [-0.25, -0.2) is 4.79 Å². The Labute approximate surface area is 235 Å². The number of nitrogens with two attached hydrogens (primary N) is 1. The van der Waals surface area contributed by atoms with Crippen molar-refractivity contribution in [3.8, 4) is 0 Å². The van der Waals surface area contributed by atoms with Gasteiger partial charge in [0.1, 0.15) is 30.2 Å². The summed E-state index contributed by atoms with van der Waals surface area (Å²) in [5.74, 6) is -3.51. The van der Waals surface area contributed by atoms with Crippen molar-refractivity contribution in [3.63, 3.8) is 0 Å². The van der Waals surface area contributed by atoms with E-state index in [9.17, 15) is 33.9 Å². The van der Waals surface area contributed by atoms with E-state index < -0.39 is 65.8 Å². The first-order valence-electron chi connectivity index (χ1n) is 14.2. The average Bonchev–Trinajstić information content (AvgIpc) is 3.56. The first-order chi connectivity index (χ1) is 18.6. The molecule has 13 heteroatoms. The van der Waals surface area contributed by atoms with Crippen molar-refractivity contribution in [3.05, 3.63) is 0 Å². The number of hydrogen-bond acceptors (Lipinski definition) is 7. The Hall–Kier alpha value is -3.22. The van der Waals surface area contributed by atoms with Gasteiger partial charge in [0.05, 0.1) is 6.04 Å². The van der Waals surface area contributed by atoms with Crippen LogP contribution in [-0.2, 0) is 28.8 Å². The number of carbonyl (C=O) groups is 6. The van der Waals surface area contributed by atoms with Crippen molar-refractivity contribution in [2.75, 3.05) is 13.1 Å². The van der Waals surface area contributed by atoms with Crippen LogP contribution in [0, 0.1) is 11.8 Å². The largest absolute Gasteiger partial charge is 0.480 e. The SMILES string of the molecule is CC(C)C[C@H](NC(=O)[C@@H](N)C(C)C)C(=O)N1CCC[C@H]1C(=O)N[C@@H](C)C(=O)N[C@@H](C)C(=O)N1CCC[C@H]1C(=O)O. The number of carboxylic acids is 1. The molecule has 0 aromatic rings. The van der Waals surface area contributed by atoms with Gasteiger partial charge in [0.2, 0.25) is 29.5 Å². The molecular weight excluding hydrogens is 520 g/mol. The van der Waals surface area contributed by atoms with E-state index in [1.54, 1.807) is 0 Å². The van der Waals surface area contributed by atoms with Gasteiger partial charge >= 0.3 is 5.97 Å². The summed E-state index contributed by atoms with van der Waals surface area (Å²) in [7, 11) is 0.